The third-order valence-corrected chi connectivity index (χ3v) is 2.80. The smallest absolute Gasteiger partial charge is 0.408 e. The van der Waals surface area contributed by atoms with Crippen molar-refractivity contribution in [2.45, 2.75) is 32.4 Å². The molecule has 19 heavy (non-hydrogen) atoms. The van der Waals surface area contributed by atoms with Gasteiger partial charge in [0.2, 0.25) is 5.91 Å². The van der Waals surface area contributed by atoms with Gasteiger partial charge >= 0.3 is 6.09 Å². The van der Waals surface area contributed by atoms with E-state index in [0.29, 0.717) is 5.75 Å². The summed E-state index contributed by atoms with van der Waals surface area (Å²) in [5.41, 5.74) is -0.603. The highest BCUT2D eigenvalue weighted by Gasteiger charge is 2.25. The summed E-state index contributed by atoms with van der Waals surface area (Å²) < 4.78 is 5.12. The van der Waals surface area contributed by atoms with E-state index in [4.69, 9.17) is 9.84 Å². The van der Waals surface area contributed by atoms with Crippen LogP contribution in [0.5, 0.6) is 0 Å². The number of hydrogen-bond acceptors (Lipinski definition) is 5. The van der Waals surface area contributed by atoms with Gasteiger partial charge in [0, 0.05) is 19.3 Å². The van der Waals surface area contributed by atoms with Crippen molar-refractivity contribution >= 4 is 23.8 Å². The van der Waals surface area contributed by atoms with E-state index in [-0.39, 0.29) is 19.1 Å². The summed E-state index contributed by atoms with van der Waals surface area (Å²) in [6.07, 6.45) is 1.24. The number of likely N-dealkylation sites (N-methyl/N-ethyl adjacent to an activating group) is 1. The van der Waals surface area contributed by atoms with Crippen molar-refractivity contribution in [3.63, 3.8) is 0 Å². The Kier molecular flexibility index (Phi) is 7.85. The third-order valence-electron chi connectivity index (χ3n) is 2.13. The predicted molar refractivity (Wildman–Crippen MR) is 76.3 cm³/mol. The summed E-state index contributed by atoms with van der Waals surface area (Å²) in [6, 6.07) is -0.651. The van der Waals surface area contributed by atoms with E-state index in [0.717, 1.165) is 0 Å². The van der Waals surface area contributed by atoms with Crippen LogP contribution in [-0.4, -0.2) is 65.9 Å². The Morgan fingerprint density at radius 2 is 2.00 bits per heavy atom. The maximum atomic E-state index is 12.1. The zero-order valence-electron chi connectivity index (χ0n) is 12.2. The number of alkyl carbamates (subject to hydrolysis) is 1. The number of aliphatic hydroxyl groups excluding tert-OH is 1. The van der Waals surface area contributed by atoms with Crippen LogP contribution in [0.4, 0.5) is 4.79 Å². The Morgan fingerprint density at radius 3 is 2.42 bits per heavy atom. The lowest BCUT2D eigenvalue weighted by molar-refractivity contribution is -0.132. The number of amides is 2. The van der Waals surface area contributed by atoms with Crippen LogP contribution < -0.4 is 5.32 Å². The van der Waals surface area contributed by atoms with Crippen LogP contribution in [0.2, 0.25) is 0 Å². The van der Waals surface area contributed by atoms with Crippen LogP contribution in [0.15, 0.2) is 0 Å². The molecule has 0 bridgehead atoms. The van der Waals surface area contributed by atoms with Crippen molar-refractivity contribution in [3.05, 3.63) is 0 Å². The van der Waals surface area contributed by atoms with Gasteiger partial charge in [0.15, 0.2) is 0 Å². The van der Waals surface area contributed by atoms with Crippen LogP contribution in [0.1, 0.15) is 20.8 Å². The van der Waals surface area contributed by atoms with Gasteiger partial charge in [-0.25, -0.2) is 4.79 Å². The number of thioether (sulfide) groups is 1. The molecular weight excluding hydrogens is 268 g/mol. The van der Waals surface area contributed by atoms with Crippen molar-refractivity contribution < 1.29 is 19.4 Å². The van der Waals surface area contributed by atoms with Crippen molar-refractivity contribution in [2.75, 3.05) is 32.2 Å². The van der Waals surface area contributed by atoms with Gasteiger partial charge in [-0.05, 0) is 27.0 Å². The first kappa shape index (κ1) is 18.0. The number of nitrogens with one attached hydrogen (secondary N) is 1. The summed E-state index contributed by atoms with van der Waals surface area (Å²) in [7, 11) is 1.59. The number of rotatable bonds is 6. The average Bonchev–Trinajstić information content (AvgIpc) is 2.25. The number of nitrogens with zero attached hydrogens (tertiary/aromatic N) is 1. The second-order valence-electron chi connectivity index (χ2n) is 5.14. The molecule has 1 atom stereocenters. The number of carbonyl (C=O) groups is 2. The van der Waals surface area contributed by atoms with Crippen LogP contribution in [0, 0.1) is 0 Å². The van der Waals surface area contributed by atoms with Gasteiger partial charge in [-0.1, -0.05) is 0 Å². The maximum absolute atomic E-state index is 12.1. The van der Waals surface area contributed by atoms with Gasteiger partial charge < -0.3 is 20.1 Å². The first-order valence-electron chi connectivity index (χ1n) is 6.05. The lowest BCUT2D eigenvalue weighted by Crippen LogP contribution is -2.50. The van der Waals surface area contributed by atoms with E-state index >= 15 is 0 Å². The molecule has 0 fully saturated rings. The van der Waals surface area contributed by atoms with Crippen molar-refractivity contribution in [1.29, 1.82) is 0 Å². The Labute approximate surface area is 118 Å². The zero-order chi connectivity index (χ0) is 15.1. The summed E-state index contributed by atoms with van der Waals surface area (Å²) in [4.78, 5) is 25.1. The summed E-state index contributed by atoms with van der Waals surface area (Å²) >= 11 is 1.45. The van der Waals surface area contributed by atoms with Gasteiger partial charge in [-0.2, -0.15) is 11.8 Å². The van der Waals surface area contributed by atoms with E-state index in [2.05, 4.69) is 5.32 Å². The lowest BCUT2D eigenvalue weighted by Gasteiger charge is -2.25. The van der Waals surface area contributed by atoms with E-state index in [9.17, 15) is 9.59 Å². The minimum Gasteiger partial charge on any atom is -0.444 e. The molecule has 0 saturated heterocycles. The highest BCUT2D eigenvalue weighted by molar-refractivity contribution is 7.98. The van der Waals surface area contributed by atoms with Gasteiger partial charge in [0.05, 0.1) is 6.61 Å². The quantitative estimate of drug-likeness (QED) is 0.753. The van der Waals surface area contributed by atoms with E-state index < -0.39 is 17.7 Å². The molecule has 112 valence electrons. The van der Waals surface area contributed by atoms with Crippen LogP contribution in [0.3, 0.4) is 0 Å². The Balaban J connectivity index is 4.56. The molecule has 0 heterocycles. The monoisotopic (exact) mass is 292 g/mol. The van der Waals surface area contributed by atoms with Crippen LogP contribution in [0.25, 0.3) is 0 Å². The molecule has 0 aliphatic carbocycles. The average molecular weight is 292 g/mol. The van der Waals surface area contributed by atoms with Crippen molar-refractivity contribution in [3.8, 4) is 0 Å². The number of hydrogen-bond donors (Lipinski definition) is 2. The fourth-order valence-electron chi connectivity index (χ4n) is 1.32. The first-order chi connectivity index (χ1) is 8.71. The normalized spacial score (nSPS) is 12.7. The molecule has 0 aromatic heterocycles. The lowest BCUT2D eigenvalue weighted by atomic mass is 10.2. The minimum absolute atomic E-state index is 0.110. The largest absolute Gasteiger partial charge is 0.444 e. The molecule has 2 amide bonds. The second-order valence-corrected chi connectivity index (χ2v) is 6.05. The molecule has 0 aliphatic heterocycles. The number of carbonyl (C=O) groups excluding carboxylic acids is 2. The number of aliphatic hydroxyl groups is 1. The fourth-order valence-corrected chi connectivity index (χ4v) is 1.88. The van der Waals surface area contributed by atoms with Crippen molar-refractivity contribution in [2.24, 2.45) is 0 Å². The predicted octanol–water partition coefficient (Wildman–Crippen LogP) is 0.693. The SMILES string of the molecule is CSCC(NC(=O)OC(C)(C)C)C(=O)N(C)CCO. The minimum atomic E-state index is -0.651. The molecule has 0 spiro atoms. The molecule has 1 unspecified atom stereocenters. The Morgan fingerprint density at radius 1 is 1.42 bits per heavy atom. The molecule has 0 aromatic carbocycles. The Bertz CT molecular complexity index is 305. The summed E-state index contributed by atoms with van der Waals surface area (Å²) in [5, 5.41) is 11.4. The van der Waals surface area contributed by atoms with Crippen molar-refractivity contribution in [1.82, 2.24) is 10.2 Å². The van der Waals surface area contributed by atoms with E-state index in [1.54, 1.807) is 27.8 Å². The zero-order valence-corrected chi connectivity index (χ0v) is 13.0. The molecule has 0 aliphatic rings. The third kappa shape index (κ3) is 7.94. The molecule has 0 aromatic rings. The standard InChI is InChI=1S/C12H24N2O4S/c1-12(2,3)18-11(17)13-9(8-19-5)10(16)14(4)6-7-15/h9,15H,6-8H2,1-5H3,(H,13,17). The summed E-state index contributed by atoms with van der Waals surface area (Å²) in [6.45, 7) is 5.40. The summed E-state index contributed by atoms with van der Waals surface area (Å²) in [5.74, 6) is 0.211. The Hall–Kier alpha value is -0.950. The maximum Gasteiger partial charge on any atom is 0.408 e. The molecule has 0 saturated carbocycles. The van der Waals surface area contributed by atoms with Gasteiger partial charge in [-0.15, -0.1) is 0 Å². The molecular formula is C12H24N2O4S. The molecule has 0 radical (unpaired) electrons. The molecule has 2 N–H and O–H groups in total. The second kappa shape index (κ2) is 8.27. The van der Waals surface area contributed by atoms with E-state index in [1.165, 1.54) is 16.7 Å². The molecule has 7 heteroatoms. The highest BCUT2D eigenvalue weighted by atomic mass is 32.2. The van der Waals surface area contributed by atoms with Gasteiger partial charge in [0.25, 0.3) is 0 Å². The number of ether oxygens (including phenoxy) is 1. The van der Waals surface area contributed by atoms with Gasteiger partial charge in [-0.3, -0.25) is 4.79 Å². The topological polar surface area (TPSA) is 78.9 Å². The van der Waals surface area contributed by atoms with Crippen LogP contribution >= 0.6 is 11.8 Å². The van der Waals surface area contributed by atoms with Crippen LogP contribution in [-0.2, 0) is 9.53 Å². The van der Waals surface area contributed by atoms with E-state index in [1.807, 2.05) is 6.26 Å². The van der Waals surface area contributed by atoms with Gasteiger partial charge in [0.1, 0.15) is 11.6 Å². The fraction of sp³-hybridized carbons (Fsp3) is 0.833. The first-order valence-corrected chi connectivity index (χ1v) is 7.45. The molecule has 6 nitrogen and oxygen atoms in total. The highest BCUT2D eigenvalue weighted by Crippen LogP contribution is 2.08. The molecule has 0 rings (SSSR count).